The van der Waals surface area contributed by atoms with Gasteiger partial charge in [-0.3, -0.25) is 0 Å². The average molecular weight is 386 g/mol. The third-order valence-electron chi connectivity index (χ3n) is 3.75. The van der Waals surface area contributed by atoms with E-state index in [0.29, 0.717) is 5.69 Å². The summed E-state index contributed by atoms with van der Waals surface area (Å²) in [6, 6.07) is 2.72. The third kappa shape index (κ3) is 4.66. The first-order valence-corrected chi connectivity index (χ1v) is 8.70. The SMILES string of the molecule is Cc1nc(C)c([C@H](C)NC(=O)Nc2ccc(N(C)C)cc2C(F)(F)F)s1. The van der Waals surface area contributed by atoms with Crippen LogP contribution in [0.2, 0.25) is 0 Å². The lowest BCUT2D eigenvalue weighted by Gasteiger charge is -2.20. The molecule has 142 valence electrons. The Morgan fingerprint density at radius 1 is 1.27 bits per heavy atom. The number of nitrogens with zero attached hydrogens (tertiary/aromatic N) is 2. The van der Waals surface area contributed by atoms with Gasteiger partial charge in [-0.25, -0.2) is 9.78 Å². The molecule has 0 aliphatic rings. The van der Waals surface area contributed by atoms with Crippen molar-refractivity contribution in [1.82, 2.24) is 10.3 Å². The number of rotatable bonds is 4. The molecule has 1 aromatic heterocycles. The quantitative estimate of drug-likeness (QED) is 0.799. The van der Waals surface area contributed by atoms with Gasteiger partial charge in [-0.1, -0.05) is 0 Å². The van der Waals surface area contributed by atoms with E-state index in [-0.39, 0.29) is 11.7 Å². The molecule has 2 N–H and O–H groups in total. The Kier molecular flexibility index (Phi) is 5.80. The van der Waals surface area contributed by atoms with Crippen molar-refractivity contribution in [3.8, 4) is 0 Å². The Labute approximate surface area is 154 Å². The van der Waals surface area contributed by atoms with E-state index in [4.69, 9.17) is 0 Å². The minimum atomic E-state index is -4.58. The predicted molar refractivity (Wildman–Crippen MR) is 97.9 cm³/mol. The fraction of sp³-hybridized carbons (Fsp3) is 0.412. The van der Waals surface area contributed by atoms with Crippen molar-refractivity contribution >= 4 is 28.7 Å². The van der Waals surface area contributed by atoms with Gasteiger partial charge in [-0.15, -0.1) is 11.3 Å². The first-order valence-electron chi connectivity index (χ1n) is 7.89. The van der Waals surface area contributed by atoms with Crippen molar-refractivity contribution < 1.29 is 18.0 Å². The summed E-state index contributed by atoms with van der Waals surface area (Å²) in [5.74, 6) is 0. The number of benzene rings is 1. The molecule has 5 nitrogen and oxygen atoms in total. The largest absolute Gasteiger partial charge is 0.418 e. The molecule has 1 heterocycles. The molecule has 0 aliphatic carbocycles. The highest BCUT2D eigenvalue weighted by molar-refractivity contribution is 7.11. The summed E-state index contributed by atoms with van der Waals surface area (Å²) in [5, 5.41) is 5.83. The number of aryl methyl sites for hydroxylation is 2. The molecule has 0 radical (unpaired) electrons. The predicted octanol–water partition coefficient (Wildman–Crippen LogP) is 4.73. The molecule has 2 aromatic rings. The van der Waals surface area contributed by atoms with Crippen LogP contribution in [0.1, 0.15) is 34.1 Å². The number of thiazole rings is 1. The molecule has 1 atom stereocenters. The van der Waals surface area contributed by atoms with E-state index in [0.717, 1.165) is 21.6 Å². The second-order valence-corrected chi connectivity index (χ2v) is 7.36. The third-order valence-corrected chi connectivity index (χ3v) is 5.01. The first-order chi connectivity index (χ1) is 12.0. The lowest BCUT2D eigenvalue weighted by Crippen LogP contribution is -2.32. The Morgan fingerprint density at radius 3 is 2.42 bits per heavy atom. The molecule has 0 fully saturated rings. The Hall–Kier alpha value is -2.29. The van der Waals surface area contributed by atoms with Crippen LogP contribution in [-0.2, 0) is 6.18 Å². The minimum absolute atomic E-state index is 0.287. The van der Waals surface area contributed by atoms with Gasteiger partial charge in [0.1, 0.15) is 0 Å². The highest BCUT2D eigenvalue weighted by atomic mass is 32.1. The lowest BCUT2D eigenvalue weighted by atomic mass is 10.1. The van der Waals surface area contributed by atoms with E-state index >= 15 is 0 Å². The Balaban J connectivity index is 2.19. The maximum atomic E-state index is 13.3. The second-order valence-electron chi connectivity index (χ2n) is 6.12. The number of carbonyl (C=O) groups is 1. The van der Waals surface area contributed by atoms with Crippen LogP contribution in [0.4, 0.5) is 29.3 Å². The van der Waals surface area contributed by atoms with E-state index < -0.39 is 17.8 Å². The molecule has 0 spiro atoms. The summed E-state index contributed by atoms with van der Waals surface area (Å²) in [5.41, 5.74) is 0.0142. The van der Waals surface area contributed by atoms with E-state index in [2.05, 4.69) is 15.6 Å². The van der Waals surface area contributed by atoms with E-state index in [1.54, 1.807) is 25.9 Å². The number of nitrogens with one attached hydrogen (secondary N) is 2. The summed E-state index contributed by atoms with van der Waals surface area (Å²) in [4.78, 5) is 18.9. The maximum Gasteiger partial charge on any atom is 0.418 e. The van der Waals surface area contributed by atoms with Crippen LogP contribution in [0.15, 0.2) is 18.2 Å². The van der Waals surface area contributed by atoms with Crippen LogP contribution in [0.25, 0.3) is 0 Å². The molecule has 9 heteroatoms. The molecule has 26 heavy (non-hydrogen) atoms. The molecule has 0 saturated heterocycles. The van der Waals surface area contributed by atoms with Gasteiger partial charge in [0.15, 0.2) is 0 Å². The van der Waals surface area contributed by atoms with Crippen molar-refractivity contribution in [2.45, 2.75) is 33.0 Å². The van der Waals surface area contributed by atoms with Crippen LogP contribution in [-0.4, -0.2) is 25.1 Å². The molecule has 2 amide bonds. The zero-order valence-electron chi connectivity index (χ0n) is 15.2. The van der Waals surface area contributed by atoms with Crippen LogP contribution < -0.4 is 15.5 Å². The van der Waals surface area contributed by atoms with Gasteiger partial charge in [0, 0.05) is 24.7 Å². The number of alkyl halides is 3. The van der Waals surface area contributed by atoms with Gasteiger partial charge in [0.25, 0.3) is 0 Å². The van der Waals surface area contributed by atoms with Crippen LogP contribution in [0.3, 0.4) is 0 Å². The number of amides is 2. The van der Waals surface area contributed by atoms with Gasteiger partial charge in [0.05, 0.1) is 28.0 Å². The Bertz CT molecular complexity index is 802. The number of urea groups is 1. The highest BCUT2D eigenvalue weighted by Crippen LogP contribution is 2.37. The van der Waals surface area contributed by atoms with Gasteiger partial charge in [-0.2, -0.15) is 13.2 Å². The zero-order chi connectivity index (χ0) is 19.6. The van der Waals surface area contributed by atoms with Gasteiger partial charge in [0.2, 0.25) is 0 Å². The molecule has 0 unspecified atom stereocenters. The molecule has 2 rings (SSSR count). The molecule has 1 aromatic carbocycles. The molecular formula is C17H21F3N4OS. The number of carbonyl (C=O) groups excluding carboxylic acids is 1. The second kappa shape index (κ2) is 7.53. The van der Waals surface area contributed by atoms with Crippen molar-refractivity contribution in [1.29, 1.82) is 0 Å². The van der Waals surface area contributed by atoms with Crippen LogP contribution in [0.5, 0.6) is 0 Å². The number of hydrogen-bond acceptors (Lipinski definition) is 4. The van der Waals surface area contributed by atoms with Crippen molar-refractivity contribution in [3.63, 3.8) is 0 Å². The molecule has 0 saturated carbocycles. The number of aromatic nitrogens is 1. The average Bonchev–Trinajstić information content (AvgIpc) is 2.84. The van der Waals surface area contributed by atoms with Gasteiger partial charge in [-0.05, 0) is 39.0 Å². The zero-order valence-corrected chi connectivity index (χ0v) is 16.0. The molecule has 0 bridgehead atoms. The summed E-state index contributed by atoms with van der Waals surface area (Å²) >= 11 is 1.44. The topological polar surface area (TPSA) is 57.3 Å². The van der Waals surface area contributed by atoms with Crippen LogP contribution in [0, 0.1) is 13.8 Å². The van der Waals surface area contributed by atoms with E-state index in [1.807, 2.05) is 13.8 Å². The molecular weight excluding hydrogens is 365 g/mol. The van der Waals surface area contributed by atoms with Gasteiger partial charge < -0.3 is 15.5 Å². The van der Waals surface area contributed by atoms with Crippen molar-refractivity contribution in [2.24, 2.45) is 0 Å². The standard InChI is InChI=1S/C17H21F3N4OS/c1-9-15(26-11(3)21-9)10(2)22-16(25)23-14-7-6-12(24(4)5)8-13(14)17(18,19)20/h6-8,10H,1-5H3,(H2,22,23,25)/t10-/m0/s1. The number of anilines is 2. The summed E-state index contributed by atoms with van der Waals surface area (Å²) in [6.07, 6.45) is -4.58. The van der Waals surface area contributed by atoms with Crippen molar-refractivity contribution in [3.05, 3.63) is 39.3 Å². The Morgan fingerprint density at radius 2 is 1.92 bits per heavy atom. The maximum absolute atomic E-state index is 13.3. The summed E-state index contributed by atoms with van der Waals surface area (Å²) < 4.78 is 40.0. The van der Waals surface area contributed by atoms with E-state index in [9.17, 15) is 18.0 Å². The van der Waals surface area contributed by atoms with Gasteiger partial charge >= 0.3 is 12.2 Å². The number of halogens is 3. The first kappa shape index (κ1) is 20.0. The fourth-order valence-electron chi connectivity index (χ4n) is 2.52. The molecule has 0 aliphatic heterocycles. The highest BCUT2D eigenvalue weighted by Gasteiger charge is 2.34. The fourth-order valence-corrected chi connectivity index (χ4v) is 3.45. The monoisotopic (exact) mass is 386 g/mol. The normalized spacial score (nSPS) is 12.6. The smallest absolute Gasteiger partial charge is 0.378 e. The number of hydrogen-bond donors (Lipinski definition) is 2. The summed E-state index contributed by atoms with van der Waals surface area (Å²) in [7, 11) is 3.30. The van der Waals surface area contributed by atoms with Crippen LogP contribution >= 0.6 is 11.3 Å². The van der Waals surface area contributed by atoms with E-state index in [1.165, 1.54) is 23.5 Å². The minimum Gasteiger partial charge on any atom is -0.378 e. The summed E-state index contributed by atoms with van der Waals surface area (Å²) in [6.45, 7) is 5.45. The lowest BCUT2D eigenvalue weighted by molar-refractivity contribution is -0.136. The van der Waals surface area contributed by atoms with Crippen molar-refractivity contribution in [2.75, 3.05) is 24.3 Å².